The van der Waals surface area contributed by atoms with E-state index in [1.165, 1.54) is 6.07 Å². The molecule has 0 nitrogen and oxygen atoms in total. The predicted octanol–water partition coefficient (Wildman–Crippen LogP) is 3.38. The van der Waals surface area contributed by atoms with Crippen LogP contribution in [-0.4, -0.2) is 11.3 Å². The van der Waals surface area contributed by atoms with Crippen LogP contribution in [0.3, 0.4) is 0 Å². The van der Waals surface area contributed by atoms with Gasteiger partial charge >= 0.3 is 0 Å². The zero-order chi connectivity index (χ0) is 8.81. The van der Waals surface area contributed by atoms with E-state index >= 15 is 0 Å². The molecule has 0 aliphatic rings. The fourth-order valence-electron chi connectivity index (χ4n) is 0.870. The predicted molar refractivity (Wildman–Crippen MR) is 56.1 cm³/mol. The van der Waals surface area contributed by atoms with Crippen molar-refractivity contribution in [1.82, 2.24) is 0 Å². The summed E-state index contributed by atoms with van der Waals surface area (Å²) >= 11 is 3.61. The Morgan fingerprint density at radius 3 is 2.92 bits per heavy atom. The first kappa shape index (κ1) is 9.93. The van der Waals surface area contributed by atoms with Crippen molar-refractivity contribution in [1.29, 1.82) is 0 Å². The number of hydrogen-bond donors (Lipinski definition) is 0. The fourth-order valence-corrected chi connectivity index (χ4v) is 2.28. The molecule has 1 aromatic carbocycles. The largest absolute Gasteiger partial charge is 0.207 e. The number of hydrogen-bond acceptors (Lipinski definition) is 2. The van der Waals surface area contributed by atoms with Gasteiger partial charge in [0, 0.05) is 10.8 Å². The third kappa shape index (κ3) is 3.50. The Morgan fingerprint density at radius 2 is 2.25 bits per heavy atom. The average molecular weight is 202 g/mol. The van der Waals surface area contributed by atoms with Crippen LogP contribution >= 0.6 is 23.5 Å². The van der Waals surface area contributed by atoms with Crippen LogP contribution in [-0.2, 0) is 5.75 Å². The van der Waals surface area contributed by atoms with E-state index in [4.69, 9.17) is 0 Å². The van der Waals surface area contributed by atoms with Crippen LogP contribution in [0.2, 0.25) is 0 Å². The molecular weight excluding hydrogens is 191 g/mol. The van der Waals surface area contributed by atoms with Gasteiger partial charge in [0.25, 0.3) is 0 Å². The first-order valence-corrected chi connectivity index (χ1v) is 6.19. The summed E-state index contributed by atoms with van der Waals surface area (Å²) < 4.78 is 12.7. The molecule has 0 fully saturated rings. The lowest BCUT2D eigenvalue weighted by molar-refractivity contribution is 0.626. The van der Waals surface area contributed by atoms with Crippen LogP contribution in [0, 0.1) is 5.82 Å². The summed E-state index contributed by atoms with van der Waals surface area (Å²) in [5, 5.41) is 1.07. The van der Waals surface area contributed by atoms with Gasteiger partial charge in [0.1, 0.15) is 5.82 Å². The molecule has 0 spiro atoms. The van der Waals surface area contributed by atoms with E-state index in [1.54, 1.807) is 23.9 Å². The molecule has 0 saturated carbocycles. The molecule has 0 radical (unpaired) electrons. The molecule has 0 aliphatic heterocycles. The van der Waals surface area contributed by atoms with Crippen LogP contribution in [0.1, 0.15) is 5.56 Å². The lowest BCUT2D eigenvalue weighted by Crippen LogP contribution is -1.82. The number of halogens is 1. The van der Waals surface area contributed by atoms with Gasteiger partial charge in [0.05, 0.1) is 0 Å². The van der Waals surface area contributed by atoms with Gasteiger partial charge in [-0.05, 0) is 24.0 Å². The molecule has 66 valence electrons. The maximum Gasteiger partial charge on any atom is 0.123 e. The zero-order valence-corrected chi connectivity index (χ0v) is 8.55. The van der Waals surface area contributed by atoms with Crippen LogP contribution in [0.25, 0.3) is 0 Å². The Hall–Kier alpha value is -0.150. The number of thioether (sulfide) groups is 2. The Bertz CT molecular complexity index is 238. The normalized spacial score (nSPS) is 10.2. The Morgan fingerprint density at radius 1 is 1.42 bits per heavy atom. The summed E-state index contributed by atoms with van der Waals surface area (Å²) in [5.41, 5.74) is 1.06. The van der Waals surface area contributed by atoms with Gasteiger partial charge in [0.2, 0.25) is 0 Å². The average Bonchev–Trinajstić information content (AvgIpc) is 2.05. The first-order chi connectivity index (χ1) is 5.83. The minimum Gasteiger partial charge on any atom is -0.207 e. The molecule has 0 atom stereocenters. The van der Waals surface area contributed by atoms with E-state index in [0.29, 0.717) is 0 Å². The molecule has 0 N–H and O–H groups in total. The van der Waals surface area contributed by atoms with Crippen LogP contribution in [0.15, 0.2) is 24.3 Å². The van der Waals surface area contributed by atoms with E-state index in [1.807, 2.05) is 17.8 Å². The number of rotatable bonds is 4. The van der Waals surface area contributed by atoms with Gasteiger partial charge in [0.15, 0.2) is 0 Å². The van der Waals surface area contributed by atoms with Crippen molar-refractivity contribution >= 4 is 23.5 Å². The van der Waals surface area contributed by atoms with Gasteiger partial charge < -0.3 is 0 Å². The monoisotopic (exact) mass is 202 g/mol. The van der Waals surface area contributed by atoms with E-state index < -0.39 is 0 Å². The minimum atomic E-state index is -0.141. The number of benzene rings is 1. The summed E-state index contributed by atoms with van der Waals surface area (Å²) in [4.78, 5) is 0. The van der Waals surface area contributed by atoms with Gasteiger partial charge in [-0.15, -0.1) is 11.8 Å². The molecular formula is C9H11FS2. The van der Waals surface area contributed by atoms with Crippen LogP contribution in [0.4, 0.5) is 4.39 Å². The standard InChI is InChI=1S/C9H11FS2/c1-11-7-12-6-8-3-2-4-9(10)5-8/h2-5H,6-7H2,1H3. The van der Waals surface area contributed by atoms with Gasteiger partial charge in [-0.1, -0.05) is 12.1 Å². The van der Waals surface area contributed by atoms with Crippen molar-refractivity contribution in [3.63, 3.8) is 0 Å². The third-order valence-corrected chi connectivity index (χ3v) is 3.51. The maximum atomic E-state index is 12.7. The highest BCUT2D eigenvalue weighted by atomic mass is 32.2. The van der Waals surface area contributed by atoms with E-state index in [-0.39, 0.29) is 5.82 Å². The summed E-state index contributed by atoms with van der Waals surface area (Å²) in [5.74, 6) is 0.760. The van der Waals surface area contributed by atoms with E-state index in [9.17, 15) is 4.39 Å². The van der Waals surface area contributed by atoms with Crippen LogP contribution in [0.5, 0.6) is 0 Å². The quantitative estimate of drug-likeness (QED) is 0.542. The second kappa shape index (κ2) is 5.49. The Labute approximate surface area is 80.9 Å². The molecule has 0 amide bonds. The third-order valence-electron chi connectivity index (χ3n) is 1.36. The SMILES string of the molecule is CSCSCc1cccc(F)c1. The molecule has 1 aromatic rings. The zero-order valence-electron chi connectivity index (χ0n) is 6.92. The second-order valence-electron chi connectivity index (χ2n) is 2.38. The highest BCUT2D eigenvalue weighted by Crippen LogP contribution is 2.16. The van der Waals surface area contributed by atoms with Crippen molar-refractivity contribution in [2.75, 3.05) is 11.3 Å². The summed E-state index contributed by atoms with van der Waals surface area (Å²) in [6.45, 7) is 0. The van der Waals surface area contributed by atoms with Crippen molar-refractivity contribution in [3.05, 3.63) is 35.6 Å². The molecule has 3 heteroatoms. The topological polar surface area (TPSA) is 0 Å². The fraction of sp³-hybridized carbons (Fsp3) is 0.333. The summed E-state index contributed by atoms with van der Waals surface area (Å²) in [7, 11) is 0. The molecule has 0 aromatic heterocycles. The summed E-state index contributed by atoms with van der Waals surface area (Å²) in [6, 6.07) is 6.77. The maximum absolute atomic E-state index is 12.7. The molecule has 0 saturated heterocycles. The van der Waals surface area contributed by atoms with Crippen molar-refractivity contribution in [3.8, 4) is 0 Å². The van der Waals surface area contributed by atoms with Crippen molar-refractivity contribution < 1.29 is 4.39 Å². The van der Waals surface area contributed by atoms with Crippen molar-refractivity contribution in [2.24, 2.45) is 0 Å². The second-order valence-corrected chi connectivity index (χ2v) is 4.60. The highest BCUT2D eigenvalue weighted by Gasteiger charge is 1.94. The van der Waals surface area contributed by atoms with Crippen LogP contribution < -0.4 is 0 Å². The molecule has 12 heavy (non-hydrogen) atoms. The Kier molecular flexibility index (Phi) is 4.54. The highest BCUT2D eigenvalue weighted by molar-refractivity contribution is 8.15. The van der Waals surface area contributed by atoms with E-state index in [2.05, 4.69) is 6.26 Å². The van der Waals surface area contributed by atoms with Gasteiger partial charge in [-0.3, -0.25) is 0 Å². The first-order valence-electron chi connectivity index (χ1n) is 3.64. The van der Waals surface area contributed by atoms with Gasteiger partial charge in [-0.2, -0.15) is 11.8 Å². The molecule has 0 unspecified atom stereocenters. The molecule has 0 heterocycles. The summed E-state index contributed by atoms with van der Waals surface area (Å²) in [6.07, 6.45) is 2.07. The van der Waals surface area contributed by atoms with E-state index in [0.717, 1.165) is 16.4 Å². The Balaban J connectivity index is 2.41. The molecule has 1 rings (SSSR count). The molecule has 0 aliphatic carbocycles. The lowest BCUT2D eigenvalue weighted by Gasteiger charge is -1.99. The molecule has 0 bridgehead atoms. The van der Waals surface area contributed by atoms with Crippen molar-refractivity contribution in [2.45, 2.75) is 5.75 Å². The van der Waals surface area contributed by atoms with Gasteiger partial charge in [-0.25, -0.2) is 4.39 Å². The lowest BCUT2D eigenvalue weighted by atomic mass is 10.2. The minimum absolute atomic E-state index is 0.141. The smallest absolute Gasteiger partial charge is 0.123 e.